The average Bonchev–Trinajstić information content (AvgIpc) is 2.27. The van der Waals surface area contributed by atoms with Gasteiger partial charge in [-0.1, -0.05) is 26.7 Å². The normalized spacial score (nSPS) is 13.1. The Labute approximate surface area is 107 Å². The van der Waals surface area contributed by atoms with Crippen molar-refractivity contribution in [1.82, 2.24) is 4.90 Å². The highest BCUT2D eigenvalue weighted by molar-refractivity contribution is 5.72. The number of esters is 1. The number of hydrogen-bond acceptors (Lipinski definition) is 3. The summed E-state index contributed by atoms with van der Waals surface area (Å²) in [5.41, 5.74) is 0. The van der Waals surface area contributed by atoms with Crippen LogP contribution in [-0.2, 0) is 9.53 Å². The summed E-state index contributed by atoms with van der Waals surface area (Å²) in [4.78, 5) is 14.0. The van der Waals surface area contributed by atoms with E-state index in [1.54, 1.807) is 0 Å². The molecule has 0 heterocycles. The van der Waals surface area contributed by atoms with Crippen LogP contribution in [0.4, 0.5) is 0 Å². The summed E-state index contributed by atoms with van der Waals surface area (Å²) in [6.45, 7) is 12.7. The largest absolute Gasteiger partial charge is 0.466 e. The van der Waals surface area contributed by atoms with Crippen LogP contribution in [0.25, 0.3) is 0 Å². The Kier molecular flexibility index (Phi) is 9.14. The van der Waals surface area contributed by atoms with Gasteiger partial charge >= 0.3 is 5.97 Å². The molecule has 0 aliphatic rings. The highest BCUT2D eigenvalue weighted by atomic mass is 16.5. The molecule has 0 bridgehead atoms. The summed E-state index contributed by atoms with van der Waals surface area (Å²) in [6, 6.07) is 0.490. The number of rotatable bonds is 9. The second kappa shape index (κ2) is 9.46. The minimum absolute atomic E-state index is 0.0287. The van der Waals surface area contributed by atoms with E-state index < -0.39 is 0 Å². The van der Waals surface area contributed by atoms with Crippen LogP contribution < -0.4 is 0 Å². The molecule has 1 atom stereocenters. The van der Waals surface area contributed by atoms with Gasteiger partial charge in [0.15, 0.2) is 0 Å². The number of carbonyl (C=O) groups is 1. The Morgan fingerprint density at radius 2 is 1.82 bits per heavy atom. The SMILES string of the molecule is CCCCCN(CC(C)C(=O)OCC)C(C)C. The minimum Gasteiger partial charge on any atom is -0.466 e. The fraction of sp³-hybridized carbons (Fsp3) is 0.929. The molecule has 0 amide bonds. The predicted octanol–water partition coefficient (Wildman–Crippen LogP) is 3.09. The minimum atomic E-state index is -0.0753. The number of carbonyl (C=O) groups excluding carboxylic acids is 1. The van der Waals surface area contributed by atoms with Gasteiger partial charge in [0.05, 0.1) is 12.5 Å². The quantitative estimate of drug-likeness (QED) is 0.460. The summed E-state index contributed by atoms with van der Waals surface area (Å²) in [6.07, 6.45) is 3.71. The molecule has 0 saturated heterocycles. The summed E-state index contributed by atoms with van der Waals surface area (Å²) in [5, 5.41) is 0. The molecule has 0 saturated carbocycles. The second-order valence-electron chi connectivity index (χ2n) is 4.95. The third kappa shape index (κ3) is 7.37. The monoisotopic (exact) mass is 243 g/mol. The molecule has 17 heavy (non-hydrogen) atoms. The topological polar surface area (TPSA) is 29.5 Å². The van der Waals surface area contributed by atoms with Gasteiger partial charge in [-0.25, -0.2) is 0 Å². The lowest BCUT2D eigenvalue weighted by atomic mass is 10.1. The third-order valence-corrected chi connectivity index (χ3v) is 2.98. The summed E-state index contributed by atoms with van der Waals surface area (Å²) < 4.78 is 5.04. The predicted molar refractivity (Wildman–Crippen MR) is 72.0 cm³/mol. The molecule has 0 aromatic carbocycles. The average molecular weight is 243 g/mol. The Morgan fingerprint density at radius 3 is 2.29 bits per heavy atom. The van der Waals surface area contributed by atoms with Gasteiger partial charge in [0, 0.05) is 12.6 Å². The van der Waals surface area contributed by atoms with Crippen LogP contribution in [0.3, 0.4) is 0 Å². The van der Waals surface area contributed by atoms with Crippen molar-refractivity contribution in [2.45, 2.75) is 59.9 Å². The number of hydrogen-bond donors (Lipinski definition) is 0. The van der Waals surface area contributed by atoms with Crippen molar-refractivity contribution in [1.29, 1.82) is 0 Å². The van der Waals surface area contributed by atoms with Crippen LogP contribution in [0.5, 0.6) is 0 Å². The molecule has 0 aromatic rings. The van der Waals surface area contributed by atoms with Gasteiger partial charge in [0.25, 0.3) is 0 Å². The molecule has 3 nitrogen and oxygen atoms in total. The summed E-state index contributed by atoms with van der Waals surface area (Å²) in [5.74, 6) is -0.104. The highest BCUT2D eigenvalue weighted by Crippen LogP contribution is 2.09. The molecule has 0 N–H and O–H groups in total. The van der Waals surface area contributed by atoms with E-state index in [0.29, 0.717) is 12.6 Å². The number of ether oxygens (including phenoxy) is 1. The standard InChI is InChI=1S/C14H29NO2/c1-6-8-9-10-15(12(3)4)11-13(5)14(16)17-7-2/h12-13H,6-11H2,1-5H3. The van der Waals surface area contributed by atoms with Crippen LogP contribution in [0.2, 0.25) is 0 Å². The van der Waals surface area contributed by atoms with Crippen LogP contribution in [0.15, 0.2) is 0 Å². The lowest BCUT2D eigenvalue weighted by Crippen LogP contribution is -2.38. The summed E-state index contributed by atoms with van der Waals surface area (Å²) >= 11 is 0. The Hall–Kier alpha value is -0.570. The van der Waals surface area contributed by atoms with Crippen molar-refractivity contribution in [3.05, 3.63) is 0 Å². The van der Waals surface area contributed by atoms with E-state index >= 15 is 0 Å². The molecule has 0 radical (unpaired) electrons. The first-order valence-electron chi connectivity index (χ1n) is 6.93. The maximum atomic E-state index is 11.6. The maximum absolute atomic E-state index is 11.6. The van der Waals surface area contributed by atoms with E-state index in [9.17, 15) is 4.79 Å². The van der Waals surface area contributed by atoms with Crippen molar-refractivity contribution < 1.29 is 9.53 Å². The van der Waals surface area contributed by atoms with E-state index in [-0.39, 0.29) is 11.9 Å². The molecular formula is C14H29NO2. The fourth-order valence-corrected chi connectivity index (χ4v) is 1.84. The second-order valence-corrected chi connectivity index (χ2v) is 4.95. The van der Waals surface area contributed by atoms with Crippen LogP contribution in [0, 0.1) is 5.92 Å². The first kappa shape index (κ1) is 16.4. The Balaban J connectivity index is 4.09. The van der Waals surface area contributed by atoms with Crippen molar-refractivity contribution in [3.63, 3.8) is 0 Å². The van der Waals surface area contributed by atoms with E-state index in [0.717, 1.165) is 13.1 Å². The van der Waals surface area contributed by atoms with Crippen molar-refractivity contribution >= 4 is 5.97 Å². The van der Waals surface area contributed by atoms with Crippen molar-refractivity contribution in [3.8, 4) is 0 Å². The molecule has 102 valence electrons. The van der Waals surface area contributed by atoms with Gasteiger partial charge in [-0.15, -0.1) is 0 Å². The first-order valence-corrected chi connectivity index (χ1v) is 6.93. The molecule has 0 aliphatic carbocycles. The molecule has 0 spiro atoms. The van der Waals surface area contributed by atoms with Crippen LogP contribution in [0.1, 0.15) is 53.9 Å². The Bertz CT molecular complexity index is 204. The molecule has 0 rings (SSSR count). The van der Waals surface area contributed by atoms with Gasteiger partial charge < -0.3 is 9.64 Å². The zero-order chi connectivity index (χ0) is 13.3. The van der Waals surface area contributed by atoms with Crippen LogP contribution >= 0.6 is 0 Å². The highest BCUT2D eigenvalue weighted by Gasteiger charge is 2.19. The zero-order valence-electron chi connectivity index (χ0n) is 12.2. The lowest BCUT2D eigenvalue weighted by molar-refractivity contribution is -0.148. The van der Waals surface area contributed by atoms with E-state index in [1.165, 1.54) is 19.3 Å². The molecular weight excluding hydrogens is 214 g/mol. The smallest absolute Gasteiger partial charge is 0.309 e. The first-order chi connectivity index (χ1) is 8.02. The van der Waals surface area contributed by atoms with Gasteiger partial charge in [0.1, 0.15) is 0 Å². The number of nitrogens with zero attached hydrogens (tertiary/aromatic N) is 1. The third-order valence-electron chi connectivity index (χ3n) is 2.98. The van der Waals surface area contributed by atoms with E-state index in [4.69, 9.17) is 4.74 Å². The summed E-state index contributed by atoms with van der Waals surface area (Å²) in [7, 11) is 0. The number of unbranched alkanes of at least 4 members (excludes halogenated alkanes) is 2. The molecule has 3 heteroatoms. The van der Waals surface area contributed by atoms with Gasteiger partial charge in [-0.05, 0) is 33.7 Å². The Morgan fingerprint density at radius 1 is 1.18 bits per heavy atom. The zero-order valence-corrected chi connectivity index (χ0v) is 12.2. The van der Waals surface area contributed by atoms with Crippen molar-refractivity contribution in [2.24, 2.45) is 5.92 Å². The van der Waals surface area contributed by atoms with E-state index in [1.807, 2.05) is 13.8 Å². The maximum Gasteiger partial charge on any atom is 0.309 e. The van der Waals surface area contributed by atoms with Crippen LogP contribution in [-0.4, -0.2) is 36.6 Å². The molecule has 0 aliphatic heterocycles. The lowest BCUT2D eigenvalue weighted by Gasteiger charge is -2.28. The van der Waals surface area contributed by atoms with Gasteiger partial charge in [-0.2, -0.15) is 0 Å². The van der Waals surface area contributed by atoms with E-state index in [2.05, 4.69) is 25.7 Å². The molecule has 0 fully saturated rings. The molecule has 1 unspecified atom stereocenters. The van der Waals surface area contributed by atoms with Crippen molar-refractivity contribution in [2.75, 3.05) is 19.7 Å². The fourth-order valence-electron chi connectivity index (χ4n) is 1.84. The molecule has 0 aromatic heterocycles. The van der Waals surface area contributed by atoms with Gasteiger partial charge in [0.2, 0.25) is 0 Å². The van der Waals surface area contributed by atoms with Gasteiger partial charge in [-0.3, -0.25) is 4.79 Å².